The van der Waals surface area contributed by atoms with Gasteiger partial charge in [0.05, 0.1) is 0 Å². The summed E-state index contributed by atoms with van der Waals surface area (Å²) in [5.41, 5.74) is 1.06. The number of benzene rings is 1. The van der Waals surface area contributed by atoms with Gasteiger partial charge in [-0.1, -0.05) is 35.1 Å². The lowest BCUT2D eigenvalue weighted by molar-refractivity contribution is 0.217. The molecule has 1 unspecified atom stereocenters. The van der Waals surface area contributed by atoms with E-state index in [1.165, 1.54) is 19.4 Å². The van der Waals surface area contributed by atoms with Gasteiger partial charge in [-0.25, -0.2) is 0 Å². The molecule has 0 radical (unpaired) electrons. The van der Waals surface area contributed by atoms with E-state index >= 15 is 0 Å². The van der Waals surface area contributed by atoms with E-state index in [0.29, 0.717) is 5.92 Å². The highest BCUT2D eigenvalue weighted by Gasteiger charge is 2.17. The maximum atomic E-state index is 5.90. The van der Waals surface area contributed by atoms with Crippen molar-refractivity contribution in [1.29, 1.82) is 0 Å². The first-order chi connectivity index (χ1) is 10.2. The smallest absolute Gasteiger partial charge is 0.206 e. The molecule has 3 rings (SSSR count). The molecular weight excluding hydrogens is 375 g/mol. The number of hydrogen-bond acceptors (Lipinski definition) is 5. The fourth-order valence-electron chi connectivity index (χ4n) is 2.68. The van der Waals surface area contributed by atoms with E-state index < -0.39 is 0 Å². The van der Waals surface area contributed by atoms with Gasteiger partial charge in [-0.15, -0.1) is 35.0 Å². The van der Waals surface area contributed by atoms with Gasteiger partial charge in [0.1, 0.15) is 5.01 Å². The molecule has 2 heterocycles. The molecule has 0 bridgehead atoms. The zero-order valence-electron chi connectivity index (χ0n) is 12.9. The highest BCUT2D eigenvalue weighted by Crippen LogP contribution is 2.27. The first kappa shape index (κ1) is 20.5. The molecule has 1 aromatic carbocycles. The van der Waals surface area contributed by atoms with E-state index in [9.17, 15) is 0 Å². The van der Waals surface area contributed by atoms with E-state index in [4.69, 9.17) is 11.6 Å². The predicted molar refractivity (Wildman–Crippen MR) is 104 cm³/mol. The van der Waals surface area contributed by atoms with Gasteiger partial charge in [0.15, 0.2) is 0 Å². The van der Waals surface area contributed by atoms with Crippen molar-refractivity contribution in [2.24, 2.45) is 5.92 Å². The number of piperidine rings is 1. The Morgan fingerprint density at radius 2 is 2.00 bits per heavy atom. The summed E-state index contributed by atoms with van der Waals surface area (Å²) in [5, 5.41) is 14.5. The normalized spacial score (nSPS) is 17.9. The monoisotopic (exact) mass is 394 g/mol. The van der Waals surface area contributed by atoms with Crippen molar-refractivity contribution < 1.29 is 0 Å². The van der Waals surface area contributed by atoms with Crippen LogP contribution in [0.15, 0.2) is 24.3 Å². The average Bonchev–Trinajstić information content (AvgIpc) is 2.95. The third-order valence-corrected chi connectivity index (χ3v) is 4.96. The predicted octanol–water partition coefficient (Wildman–Crippen LogP) is 4.46. The van der Waals surface area contributed by atoms with Crippen LogP contribution in [-0.2, 0) is 0 Å². The summed E-state index contributed by atoms with van der Waals surface area (Å²) in [6.45, 7) is 3.35. The molecular formula is C15H21Cl3N4S. The quantitative estimate of drug-likeness (QED) is 0.830. The molecule has 1 atom stereocenters. The SMILES string of the molecule is CN1CCCC(CNc2nnc(-c3ccc(Cl)cc3)s2)C1.Cl.Cl. The van der Waals surface area contributed by atoms with Gasteiger partial charge in [0.25, 0.3) is 0 Å². The molecule has 128 valence electrons. The van der Waals surface area contributed by atoms with Gasteiger partial charge in [-0.3, -0.25) is 0 Å². The second kappa shape index (κ2) is 9.64. The zero-order chi connectivity index (χ0) is 14.7. The fourth-order valence-corrected chi connectivity index (χ4v) is 3.56. The molecule has 0 spiro atoms. The summed E-state index contributed by atoms with van der Waals surface area (Å²) in [6, 6.07) is 7.71. The molecule has 1 saturated heterocycles. The zero-order valence-corrected chi connectivity index (χ0v) is 16.1. The number of rotatable bonds is 4. The highest BCUT2D eigenvalue weighted by atomic mass is 35.5. The Bertz CT molecular complexity index is 591. The van der Waals surface area contributed by atoms with E-state index in [-0.39, 0.29) is 24.8 Å². The Morgan fingerprint density at radius 3 is 2.70 bits per heavy atom. The molecule has 8 heteroatoms. The Balaban J connectivity index is 0.00000132. The number of nitrogens with zero attached hydrogens (tertiary/aromatic N) is 3. The van der Waals surface area contributed by atoms with Crippen molar-refractivity contribution in [2.45, 2.75) is 12.8 Å². The first-order valence-corrected chi connectivity index (χ1v) is 8.42. The summed E-state index contributed by atoms with van der Waals surface area (Å²) in [7, 11) is 2.19. The van der Waals surface area contributed by atoms with E-state index in [2.05, 4.69) is 27.5 Å². The van der Waals surface area contributed by atoms with Gasteiger partial charge in [-0.05, 0) is 44.5 Å². The minimum Gasteiger partial charge on any atom is -0.360 e. The lowest BCUT2D eigenvalue weighted by Crippen LogP contribution is -2.35. The number of aromatic nitrogens is 2. The van der Waals surface area contributed by atoms with E-state index in [0.717, 1.165) is 33.8 Å². The maximum Gasteiger partial charge on any atom is 0.206 e. The third kappa shape index (κ3) is 5.76. The van der Waals surface area contributed by atoms with Crippen LogP contribution >= 0.6 is 47.8 Å². The van der Waals surface area contributed by atoms with Crippen LogP contribution in [0.25, 0.3) is 10.6 Å². The van der Waals surface area contributed by atoms with Crippen molar-refractivity contribution >= 4 is 52.9 Å². The van der Waals surface area contributed by atoms with Crippen LogP contribution in [0.2, 0.25) is 5.02 Å². The van der Waals surface area contributed by atoms with Crippen LogP contribution in [0, 0.1) is 5.92 Å². The number of likely N-dealkylation sites (tertiary alicyclic amines) is 1. The topological polar surface area (TPSA) is 41.0 Å². The van der Waals surface area contributed by atoms with Crippen LogP contribution in [0.1, 0.15) is 12.8 Å². The van der Waals surface area contributed by atoms with Crippen LogP contribution in [0.4, 0.5) is 5.13 Å². The van der Waals surface area contributed by atoms with Gasteiger partial charge >= 0.3 is 0 Å². The van der Waals surface area contributed by atoms with Crippen molar-refractivity contribution in [1.82, 2.24) is 15.1 Å². The van der Waals surface area contributed by atoms with Gasteiger partial charge in [-0.2, -0.15) is 0 Å². The molecule has 0 amide bonds. The molecule has 1 fully saturated rings. The Morgan fingerprint density at radius 1 is 1.26 bits per heavy atom. The maximum absolute atomic E-state index is 5.90. The van der Waals surface area contributed by atoms with E-state index in [1.807, 2.05) is 24.3 Å². The molecule has 0 saturated carbocycles. The van der Waals surface area contributed by atoms with Crippen molar-refractivity contribution in [3.05, 3.63) is 29.3 Å². The Kier molecular flexibility index (Phi) is 8.58. The van der Waals surface area contributed by atoms with Gasteiger partial charge in [0, 0.05) is 23.7 Å². The lowest BCUT2D eigenvalue weighted by Gasteiger charge is -2.29. The molecule has 4 nitrogen and oxygen atoms in total. The second-order valence-corrected chi connectivity index (χ2v) is 6.98. The van der Waals surface area contributed by atoms with Gasteiger partial charge in [0.2, 0.25) is 5.13 Å². The Labute approximate surface area is 158 Å². The van der Waals surface area contributed by atoms with Crippen LogP contribution in [-0.4, -0.2) is 41.8 Å². The van der Waals surface area contributed by atoms with Crippen molar-refractivity contribution in [3.8, 4) is 10.6 Å². The van der Waals surface area contributed by atoms with Crippen molar-refractivity contribution in [3.63, 3.8) is 0 Å². The van der Waals surface area contributed by atoms with E-state index in [1.54, 1.807) is 11.3 Å². The van der Waals surface area contributed by atoms with Crippen LogP contribution < -0.4 is 5.32 Å². The largest absolute Gasteiger partial charge is 0.360 e. The van der Waals surface area contributed by atoms with Crippen LogP contribution in [0.3, 0.4) is 0 Å². The summed E-state index contributed by atoms with van der Waals surface area (Å²) in [4.78, 5) is 2.40. The number of nitrogens with one attached hydrogen (secondary N) is 1. The van der Waals surface area contributed by atoms with Crippen molar-refractivity contribution in [2.75, 3.05) is 32.0 Å². The van der Waals surface area contributed by atoms with Gasteiger partial charge < -0.3 is 10.2 Å². The number of anilines is 1. The summed E-state index contributed by atoms with van der Waals surface area (Å²) < 4.78 is 0. The van der Waals surface area contributed by atoms with Crippen LogP contribution in [0.5, 0.6) is 0 Å². The average molecular weight is 396 g/mol. The molecule has 2 aromatic rings. The number of hydrogen-bond donors (Lipinski definition) is 1. The minimum absolute atomic E-state index is 0. The molecule has 1 aromatic heterocycles. The third-order valence-electron chi connectivity index (χ3n) is 3.78. The Hall–Kier alpha value is -0.590. The summed E-state index contributed by atoms with van der Waals surface area (Å²) >= 11 is 7.49. The lowest BCUT2D eigenvalue weighted by atomic mass is 9.99. The standard InChI is InChI=1S/C15H19ClN4S.2ClH/c1-20-8-2-3-11(10-20)9-17-15-19-18-14(21-15)12-4-6-13(16)7-5-12;;/h4-7,11H,2-3,8-10H2,1H3,(H,17,19);2*1H. The molecule has 1 aliphatic rings. The minimum atomic E-state index is 0. The first-order valence-electron chi connectivity index (χ1n) is 7.22. The summed E-state index contributed by atoms with van der Waals surface area (Å²) in [5.74, 6) is 0.701. The molecule has 1 N–H and O–H groups in total. The number of halogens is 3. The molecule has 23 heavy (non-hydrogen) atoms. The second-order valence-electron chi connectivity index (χ2n) is 5.57. The molecule has 0 aliphatic carbocycles. The summed E-state index contributed by atoms with van der Waals surface area (Å²) in [6.07, 6.45) is 2.58. The molecule has 1 aliphatic heterocycles. The fraction of sp³-hybridized carbons (Fsp3) is 0.467. The highest BCUT2D eigenvalue weighted by molar-refractivity contribution is 7.18.